The van der Waals surface area contributed by atoms with E-state index in [9.17, 15) is 5.26 Å². The second-order valence-corrected chi connectivity index (χ2v) is 6.84. The molecule has 0 atom stereocenters. The zero-order chi connectivity index (χ0) is 13.7. The number of nitriles is 1. The van der Waals surface area contributed by atoms with Crippen LogP contribution in [0.1, 0.15) is 51.0 Å². The zero-order valence-corrected chi connectivity index (χ0v) is 13.2. The summed E-state index contributed by atoms with van der Waals surface area (Å²) in [5, 5.41) is 9.61. The standard InChI is InChI=1S/C17H22BrN/c1-2-3-14-8-10-17(13-19,11-9-14)12-15-4-6-16(18)7-5-15/h4-7,14H,2-3,8-12H2,1H3. The topological polar surface area (TPSA) is 23.8 Å². The maximum atomic E-state index is 9.61. The molecule has 1 aliphatic rings. The minimum absolute atomic E-state index is 0.113. The van der Waals surface area contributed by atoms with Crippen molar-refractivity contribution >= 4 is 15.9 Å². The molecule has 1 nitrogen and oxygen atoms in total. The highest BCUT2D eigenvalue weighted by molar-refractivity contribution is 9.10. The van der Waals surface area contributed by atoms with Crippen LogP contribution in [0, 0.1) is 22.7 Å². The Morgan fingerprint density at radius 2 is 1.89 bits per heavy atom. The molecule has 0 aromatic heterocycles. The van der Waals surface area contributed by atoms with Crippen LogP contribution in [0.25, 0.3) is 0 Å². The highest BCUT2D eigenvalue weighted by atomic mass is 79.9. The van der Waals surface area contributed by atoms with Crippen molar-refractivity contribution in [1.82, 2.24) is 0 Å². The van der Waals surface area contributed by atoms with Gasteiger partial charge >= 0.3 is 0 Å². The number of halogens is 1. The SMILES string of the molecule is CCCC1CCC(C#N)(Cc2ccc(Br)cc2)CC1. The molecule has 2 heteroatoms. The molecule has 0 bridgehead atoms. The van der Waals surface area contributed by atoms with Crippen molar-refractivity contribution in [3.8, 4) is 6.07 Å². The predicted molar refractivity (Wildman–Crippen MR) is 82.8 cm³/mol. The molecule has 0 unspecified atom stereocenters. The molecule has 19 heavy (non-hydrogen) atoms. The molecule has 0 saturated heterocycles. The van der Waals surface area contributed by atoms with E-state index in [2.05, 4.69) is 53.2 Å². The monoisotopic (exact) mass is 319 g/mol. The molecule has 1 aliphatic carbocycles. The Balaban J connectivity index is 2.01. The van der Waals surface area contributed by atoms with Crippen molar-refractivity contribution in [3.05, 3.63) is 34.3 Å². The first-order chi connectivity index (χ1) is 9.17. The van der Waals surface area contributed by atoms with Crippen LogP contribution < -0.4 is 0 Å². The van der Waals surface area contributed by atoms with Gasteiger partial charge < -0.3 is 0 Å². The molecule has 0 heterocycles. The molecule has 0 radical (unpaired) electrons. The second kappa shape index (κ2) is 6.57. The van der Waals surface area contributed by atoms with Crippen molar-refractivity contribution in [2.45, 2.75) is 51.9 Å². The van der Waals surface area contributed by atoms with Gasteiger partial charge in [0.2, 0.25) is 0 Å². The zero-order valence-electron chi connectivity index (χ0n) is 11.7. The van der Waals surface area contributed by atoms with Gasteiger partial charge in [0.15, 0.2) is 0 Å². The van der Waals surface area contributed by atoms with Crippen LogP contribution in [0.4, 0.5) is 0 Å². The Morgan fingerprint density at radius 1 is 1.26 bits per heavy atom. The molecule has 1 saturated carbocycles. The lowest BCUT2D eigenvalue weighted by molar-refractivity contribution is 0.201. The van der Waals surface area contributed by atoms with Crippen LogP contribution >= 0.6 is 15.9 Å². The number of benzene rings is 1. The second-order valence-electron chi connectivity index (χ2n) is 5.93. The molecule has 2 rings (SSSR count). The molecule has 0 N–H and O–H groups in total. The van der Waals surface area contributed by atoms with Gasteiger partial charge in [-0.25, -0.2) is 0 Å². The molecular weight excluding hydrogens is 298 g/mol. The summed E-state index contributed by atoms with van der Waals surface area (Å²) in [6.45, 7) is 2.26. The molecular formula is C17H22BrN. The van der Waals surface area contributed by atoms with Crippen molar-refractivity contribution in [2.75, 3.05) is 0 Å². The molecule has 102 valence electrons. The molecule has 0 amide bonds. The van der Waals surface area contributed by atoms with E-state index in [1.165, 1.54) is 31.2 Å². The maximum Gasteiger partial charge on any atom is 0.0693 e. The number of hydrogen-bond acceptors (Lipinski definition) is 1. The molecule has 1 fully saturated rings. The van der Waals surface area contributed by atoms with Gasteiger partial charge in [0.1, 0.15) is 0 Å². The quantitative estimate of drug-likeness (QED) is 0.719. The lowest BCUT2D eigenvalue weighted by Crippen LogP contribution is -2.28. The first kappa shape index (κ1) is 14.6. The Kier molecular flexibility index (Phi) is 5.05. The van der Waals surface area contributed by atoms with E-state index in [0.29, 0.717) is 0 Å². The van der Waals surface area contributed by atoms with E-state index >= 15 is 0 Å². The first-order valence-electron chi connectivity index (χ1n) is 7.33. The Labute approximate surface area is 125 Å². The van der Waals surface area contributed by atoms with Crippen LogP contribution in [-0.2, 0) is 6.42 Å². The van der Waals surface area contributed by atoms with Gasteiger partial charge in [0.25, 0.3) is 0 Å². The van der Waals surface area contributed by atoms with Gasteiger partial charge in [-0.05, 0) is 55.7 Å². The summed E-state index contributed by atoms with van der Waals surface area (Å²) >= 11 is 3.46. The van der Waals surface area contributed by atoms with E-state index in [1.807, 2.05) is 0 Å². The van der Waals surface area contributed by atoms with E-state index < -0.39 is 0 Å². The highest BCUT2D eigenvalue weighted by Crippen LogP contribution is 2.42. The van der Waals surface area contributed by atoms with Crippen molar-refractivity contribution < 1.29 is 0 Å². The molecule has 1 aromatic carbocycles. The predicted octanol–water partition coefficient (Wildman–Crippen LogP) is 5.49. The van der Waals surface area contributed by atoms with E-state index in [4.69, 9.17) is 0 Å². The number of rotatable bonds is 4. The Morgan fingerprint density at radius 3 is 2.42 bits per heavy atom. The van der Waals surface area contributed by atoms with Crippen molar-refractivity contribution in [2.24, 2.45) is 11.3 Å². The largest absolute Gasteiger partial charge is 0.198 e. The highest BCUT2D eigenvalue weighted by Gasteiger charge is 2.35. The van der Waals surface area contributed by atoms with Gasteiger partial charge in [-0.1, -0.05) is 47.8 Å². The minimum atomic E-state index is -0.113. The third kappa shape index (κ3) is 3.83. The summed E-state index contributed by atoms with van der Waals surface area (Å²) in [5.74, 6) is 0.858. The summed E-state index contributed by atoms with van der Waals surface area (Å²) < 4.78 is 1.11. The van der Waals surface area contributed by atoms with Crippen LogP contribution in [-0.4, -0.2) is 0 Å². The summed E-state index contributed by atoms with van der Waals surface area (Å²) in [5.41, 5.74) is 1.18. The third-order valence-corrected chi connectivity index (χ3v) is 4.98. The van der Waals surface area contributed by atoms with Gasteiger partial charge in [0.05, 0.1) is 11.5 Å². The Hall–Kier alpha value is -0.810. The van der Waals surface area contributed by atoms with E-state index in [-0.39, 0.29) is 5.41 Å². The van der Waals surface area contributed by atoms with E-state index in [0.717, 1.165) is 29.7 Å². The Bertz CT molecular complexity index is 435. The molecule has 1 aromatic rings. The average Bonchev–Trinajstić information content (AvgIpc) is 2.44. The summed E-state index contributed by atoms with van der Waals surface area (Å²) in [7, 11) is 0. The first-order valence-corrected chi connectivity index (χ1v) is 8.12. The lowest BCUT2D eigenvalue weighted by Gasteiger charge is -2.35. The maximum absolute atomic E-state index is 9.61. The number of nitrogens with zero attached hydrogens (tertiary/aromatic N) is 1. The van der Waals surface area contributed by atoms with Gasteiger partial charge in [-0.3, -0.25) is 0 Å². The van der Waals surface area contributed by atoms with Crippen LogP contribution in [0.5, 0.6) is 0 Å². The van der Waals surface area contributed by atoms with E-state index in [1.54, 1.807) is 0 Å². The lowest BCUT2D eigenvalue weighted by atomic mass is 9.67. The third-order valence-electron chi connectivity index (χ3n) is 4.45. The fourth-order valence-corrected chi connectivity index (χ4v) is 3.51. The molecule has 0 spiro atoms. The summed E-state index contributed by atoms with van der Waals surface area (Å²) in [4.78, 5) is 0. The van der Waals surface area contributed by atoms with Gasteiger partial charge in [-0.15, -0.1) is 0 Å². The van der Waals surface area contributed by atoms with Crippen LogP contribution in [0.2, 0.25) is 0 Å². The smallest absolute Gasteiger partial charge is 0.0693 e. The van der Waals surface area contributed by atoms with Crippen LogP contribution in [0.15, 0.2) is 28.7 Å². The summed E-state index contributed by atoms with van der Waals surface area (Å²) in [6.07, 6.45) is 8.14. The van der Waals surface area contributed by atoms with Crippen LogP contribution in [0.3, 0.4) is 0 Å². The normalized spacial score (nSPS) is 26.9. The van der Waals surface area contributed by atoms with Crippen molar-refractivity contribution in [1.29, 1.82) is 5.26 Å². The van der Waals surface area contributed by atoms with Gasteiger partial charge in [-0.2, -0.15) is 5.26 Å². The fraction of sp³-hybridized carbons (Fsp3) is 0.588. The molecule has 0 aliphatic heterocycles. The fourth-order valence-electron chi connectivity index (χ4n) is 3.25. The van der Waals surface area contributed by atoms with Crippen molar-refractivity contribution in [3.63, 3.8) is 0 Å². The minimum Gasteiger partial charge on any atom is -0.198 e. The summed E-state index contributed by atoms with van der Waals surface area (Å²) in [6, 6.07) is 11.1. The average molecular weight is 320 g/mol. The number of hydrogen-bond donors (Lipinski definition) is 0. The van der Waals surface area contributed by atoms with Gasteiger partial charge in [0, 0.05) is 4.47 Å².